The fourth-order valence-corrected chi connectivity index (χ4v) is 3.50. The smallest absolute Gasteiger partial charge is 0.262 e. The van der Waals surface area contributed by atoms with Crippen molar-refractivity contribution in [3.05, 3.63) is 89.7 Å². The highest BCUT2D eigenvalue weighted by Gasteiger charge is 2.18. The summed E-state index contributed by atoms with van der Waals surface area (Å²) >= 11 is 0. The first kappa shape index (κ1) is 19.1. The molecule has 2 N–H and O–H groups in total. The van der Waals surface area contributed by atoms with Crippen LogP contribution in [0, 0.1) is 17.1 Å². The largest absolute Gasteiger partial charge is 0.322 e. The highest BCUT2D eigenvalue weighted by molar-refractivity contribution is 7.92. The van der Waals surface area contributed by atoms with Gasteiger partial charge in [0.15, 0.2) is 0 Å². The summed E-state index contributed by atoms with van der Waals surface area (Å²) < 4.78 is 40.9. The van der Waals surface area contributed by atoms with Gasteiger partial charge in [-0.1, -0.05) is 18.2 Å². The number of hydrogen-bond acceptors (Lipinski definition) is 4. The van der Waals surface area contributed by atoms with E-state index in [2.05, 4.69) is 10.0 Å². The number of carbonyl (C=O) groups is 1. The molecule has 0 bridgehead atoms. The topological polar surface area (TPSA) is 99.1 Å². The zero-order valence-corrected chi connectivity index (χ0v) is 15.2. The number of carbonyl (C=O) groups excluding carboxylic acids is 1. The Morgan fingerprint density at radius 1 is 0.964 bits per heavy atom. The van der Waals surface area contributed by atoms with Gasteiger partial charge in [-0.15, -0.1) is 0 Å². The van der Waals surface area contributed by atoms with Gasteiger partial charge in [0.1, 0.15) is 5.82 Å². The van der Waals surface area contributed by atoms with Crippen LogP contribution in [-0.2, 0) is 10.0 Å². The van der Waals surface area contributed by atoms with Crippen LogP contribution in [0.5, 0.6) is 0 Å². The van der Waals surface area contributed by atoms with Crippen molar-refractivity contribution in [1.82, 2.24) is 0 Å². The summed E-state index contributed by atoms with van der Waals surface area (Å²) in [5.74, 6) is -1.23. The fraction of sp³-hybridized carbons (Fsp3) is 0. The lowest BCUT2D eigenvalue weighted by atomic mass is 10.2. The van der Waals surface area contributed by atoms with E-state index >= 15 is 0 Å². The van der Waals surface area contributed by atoms with E-state index < -0.39 is 21.7 Å². The van der Waals surface area contributed by atoms with Crippen molar-refractivity contribution in [2.45, 2.75) is 4.90 Å². The highest BCUT2D eigenvalue weighted by atomic mass is 32.2. The number of amides is 1. The number of nitrogens with zero attached hydrogens (tertiary/aromatic N) is 1. The quantitative estimate of drug-likeness (QED) is 0.687. The molecule has 0 spiro atoms. The molecule has 0 aliphatic rings. The van der Waals surface area contributed by atoms with E-state index in [1.54, 1.807) is 24.3 Å². The molecule has 8 heteroatoms. The lowest BCUT2D eigenvalue weighted by Crippen LogP contribution is -2.16. The van der Waals surface area contributed by atoms with Crippen LogP contribution in [0.25, 0.3) is 0 Å². The van der Waals surface area contributed by atoms with Crippen LogP contribution in [-0.4, -0.2) is 14.3 Å². The first-order valence-corrected chi connectivity index (χ1v) is 9.56. The van der Waals surface area contributed by atoms with E-state index in [0.717, 1.165) is 6.07 Å². The van der Waals surface area contributed by atoms with Crippen molar-refractivity contribution < 1.29 is 17.6 Å². The maximum Gasteiger partial charge on any atom is 0.262 e. The molecule has 6 nitrogen and oxygen atoms in total. The van der Waals surface area contributed by atoms with Gasteiger partial charge in [0, 0.05) is 11.3 Å². The minimum atomic E-state index is -4.08. The predicted octanol–water partition coefficient (Wildman–Crippen LogP) is 3.75. The minimum Gasteiger partial charge on any atom is -0.322 e. The number of halogens is 1. The van der Waals surface area contributed by atoms with Crippen molar-refractivity contribution in [1.29, 1.82) is 5.26 Å². The zero-order valence-electron chi connectivity index (χ0n) is 14.4. The second-order valence-corrected chi connectivity index (χ2v) is 7.44. The monoisotopic (exact) mass is 395 g/mol. The lowest BCUT2D eigenvalue weighted by molar-refractivity contribution is 0.102. The van der Waals surface area contributed by atoms with Gasteiger partial charge in [-0.05, 0) is 54.6 Å². The molecule has 0 fully saturated rings. The first-order valence-electron chi connectivity index (χ1n) is 8.08. The van der Waals surface area contributed by atoms with E-state index in [0.29, 0.717) is 11.3 Å². The van der Waals surface area contributed by atoms with E-state index in [4.69, 9.17) is 5.26 Å². The van der Waals surface area contributed by atoms with Crippen molar-refractivity contribution in [3.8, 4) is 6.07 Å². The summed E-state index contributed by atoms with van der Waals surface area (Å²) in [6.45, 7) is 0. The second-order valence-electron chi connectivity index (χ2n) is 5.76. The number of anilines is 2. The van der Waals surface area contributed by atoms with Gasteiger partial charge >= 0.3 is 0 Å². The lowest BCUT2D eigenvalue weighted by Gasteiger charge is -2.10. The molecule has 0 aliphatic heterocycles. The first-order chi connectivity index (χ1) is 13.4. The third-order valence-corrected chi connectivity index (χ3v) is 5.16. The van der Waals surface area contributed by atoms with Crippen LogP contribution >= 0.6 is 0 Å². The van der Waals surface area contributed by atoms with Crippen LogP contribution in [0.2, 0.25) is 0 Å². The molecule has 0 saturated heterocycles. The van der Waals surface area contributed by atoms with E-state index in [1.165, 1.54) is 42.5 Å². The van der Waals surface area contributed by atoms with E-state index in [1.807, 2.05) is 6.07 Å². The van der Waals surface area contributed by atoms with E-state index in [9.17, 15) is 17.6 Å². The van der Waals surface area contributed by atoms with Crippen LogP contribution in [0.15, 0.2) is 77.7 Å². The Hall–Kier alpha value is -3.70. The predicted molar refractivity (Wildman–Crippen MR) is 103 cm³/mol. The molecule has 3 aromatic rings. The molecule has 0 heterocycles. The summed E-state index contributed by atoms with van der Waals surface area (Å²) in [5, 5.41) is 11.4. The molecule has 0 aromatic heterocycles. The zero-order chi connectivity index (χ0) is 20.1. The van der Waals surface area contributed by atoms with Gasteiger partial charge in [-0.25, -0.2) is 12.8 Å². The van der Waals surface area contributed by atoms with Crippen LogP contribution in [0.4, 0.5) is 15.8 Å². The Kier molecular flexibility index (Phi) is 5.38. The molecule has 0 unspecified atom stereocenters. The van der Waals surface area contributed by atoms with Gasteiger partial charge in [-0.3, -0.25) is 9.52 Å². The van der Waals surface area contributed by atoms with Crippen LogP contribution < -0.4 is 10.0 Å². The third kappa shape index (κ3) is 4.34. The van der Waals surface area contributed by atoms with Gasteiger partial charge < -0.3 is 5.32 Å². The number of nitrogens with one attached hydrogen (secondary N) is 2. The Labute approximate surface area is 161 Å². The Morgan fingerprint density at radius 3 is 2.36 bits per heavy atom. The summed E-state index contributed by atoms with van der Waals surface area (Å²) in [6.07, 6.45) is 0. The number of hydrogen-bond donors (Lipinski definition) is 2. The van der Waals surface area contributed by atoms with E-state index in [-0.39, 0.29) is 16.1 Å². The van der Waals surface area contributed by atoms with Gasteiger partial charge in [0.25, 0.3) is 15.9 Å². The molecule has 3 rings (SSSR count). The minimum absolute atomic E-state index is 0.112. The van der Waals surface area contributed by atoms with Crippen molar-refractivity contribution >= 4 is 27.3 Å². The summed E-state index contributed by atoms with van der Waals surface area (Å²) in [4.78, 5) is 12.2. The molecular weight excluding hydrogens is 381 g/mol. The molecule has 140 valence electrons. The van der Waals surface area contributed by atoms with Gasteiger partial charge in [-0.2, -0.15) is 5.26 Å². The average molecular weight is 395 g/mol. The molecular formula is C20H14FN3O3S. The number of sulfonamides is 1. The summed E-state index contributed by atoms with van der Waals surface area (Å²) in [7, 11) is -4.08. The fourth-order valence-electron chi connectivity index (χ4n) is 2.38. The average Bonchev–Trinajstić information content (AvgIpc) is 2.70. The van der Waals surface area contributed by atoms with Crippen LogP contribution in [0.3, 0.4) is 0 Å². The molecule has 0 aliphatic carbocycles. The Bertz CT molecular complexity index is 1170. The Balaban J connectivity index is 1.81. The second kappa shape index (κ2) is 7.90. The van der Waals surface area contributed by atoms with Crippen molar-refractivity contribution in [3.63, 3.8) is 0 Å². The van der Waals surface area contributed by atoms with Gasteiger partial charge in [0.2, 0.25) is 0 Å². The molecule has 0 radical (unpaired) electrons. The highest BCUT2D eigenvalue weighted by Crippen LogP contribution is 2.20. The maximum absolute atomic E-state index is 13.7. The molecule has 1 amide bonds. The molecule has 3 aromatic carbocycles. The number of nitriles is 1. The van der Waals surface area contributed by atoms with Crippen LogP contribution in [0.1, 0.15) is 15.9 Å². The molecule has 0 saturated carbocycles. The summed E-state index contributed by atoms with van der Waals surface area (Å²) in [6, 6.07) is 19.0. The molecule has 28 heavy (non-hydrogen) atoms. The van der Waals surface area contributed by atoms with Gasteiger partial charge in [0.05, 0.1) is 22.2 Å². The molecule has 0 atom stereocenters. The number of rotatable bonds is 5. The standard InChI is InChI=1S/C20H14FN3O3S/c21-18-6-1-2-7-19(18)24-28(26,27)17-5-3-4-15(12-17)20(25)23-16-10-8-14(13-22)9-11-16/h1-12,24H,(H,23,25). The van der Waals surface area contributed by atoms with Crippen molar-refractivity contribution in [2.24, 2.45) is 0 Å². The number of benzene rings is 3. The summed E-state index contributed by atoms with van der Waals surface area (Å²) in [5.41, 5.74) is 0.836. The normalized spacial score (nSPS) is 10.7. The number of para-hydroxylation sites is 1. The third-order valence-electron chi connectivity index (χ3n) is 3.80. The van der Waals surface area contributed by atoms with Crippen molar-refractivity contribution in [2.75, 3.05) is 10.0 Å². The maximum atomic E-state index is 13.7. The Morgan fingerprint density at radius 2 is 1.68 bits per heavy atom. The SMILES string of the molecule is N#Cc1ccc(NC(=O)c2cccc(S(=O)(=O)Nc3ccccc3F)c2)cc1.